The Morgan fingerprint density at radius 1 is 1.37 bits per heavy atom. The van der Waals surface area contributed by atoms with Crippen molar-refractivity contribution in [3.05, 3.63) is 0 Å². The number of carboxylic acids is 2. The van der Waals surface area contributed by atoms with Crippen molar-refractivity contribution >= 4 is 17.8 Å². The molecule has 0 aliphatic heterocycles. The Bertz CT molecular complexity index is 384. The number of hydrogen-bond donors (Lipinski definition) is 4. The van der Waals surface area contributed by atoms with Crippen LogP contribution in [0.1, 0.15) is 39.0 Å². The highest BCUT2D eigenvalue weighted by molar-refractivity contribution is 5.87. The van der Waals surface area contributed by atoms with Gasteiger partial charge in [-0.2, -0.15) is 0 Å². The first-order chi connectivity index (χ1) is 8.77. The summed E-state index contributed by atoms with van der Waals surface area (Å²) >= 11 is 0. The standard InChI is InChI=1S/C12H20N2O5/c1-12(11(18)19)5-3-2-4-8(12)14-10(17)7(13)6-9(15)16/h7-8H,2-6,13H2,1H3,(H,14,17)(H,15,16)(H,18,19). The molecule has 0 saturated heterocycles. The van der Waals surface area contributed by atoms with Gasteiger partial charge in [-0.05, 0) is 19.8 Å². The number of hydrogen-bond acceptors (Lipinski definition) is 4. The van der Waals surface area contributed by atoms with E-state index in [1.807, 2.05) is 0 Å². The lowest BCUT2D eigenvalue weighted by Crippen LogP contribution is -2.55. The molecule has 0 radical (unpaired) electrons. The minimum atomic E-state index is -1.16. The van der Waals surface area contributed by atoms with Gasteiger partial charge in [-0.3, -0.25) is 14.4 Å². The van der Waals surface area contributed by atoms with Crippen LogP contribution in [0.25, 0.3) is 0 Å². The van der Waals surface area contributed by atoms with Crippen LogP contribution in [-0.4, -0.2) is 40.1 Å². The molecule has 1 aliphatic carbocycles. The normalized spacial score (nSPS) is 28.4. The van der Waals surface area contributed by atoms with E-state index >= 15 is 0 Å². The molecule has 0 aromatic rings. The van der Waals surface area contributed by atoms with E-state index in [2.05, 4.69) is 5.32 Å². The molecule has 3 atom stereocenters. The number of nitrogens with two attached hydrogens (primary N) is 1. The van der Waals surface area contributed by atoms with Crippen LogP contribution in [0.4, 0.5) is 0 Å². The van der Waals surface area contributed by atoms with E-state index in [0.29, 0.717) is 12.8 Å². The Morgan fingerprint density at radius 2 is 2.00 bits per heavy atom. The van der Waals surface area contributed by atoms with Crippen LogP contribution < -0.4 is 11.1 Å². The lowest BCUT2D eigenvalue weighted by molar-refractivity contribution is -0.152. The molecular formula is C12H20N2O5. The summed E-state index contributed by atoms with van der Waals surface area (Å²) in [6.45, 7) is 1.60. The summed E-state index contributed by atoms with van der Waals surface area (Å²) in [5.41, 5.74) is 4.44. The largest absolute Gasteiger partial charge is 0.481 e. The molecule has 5 N–H and O–H groups in total. The maximum absolute atomic E-state index is 11.8. The maximum Gasteiger partial charge on any atom is 0.311 e. The van der Waals surface area contributed by atoms with Crippen molar-refractivity contribution in [1.82, 2.24) is 5.32 Å². The predicted molar refractivity (Wildman–Crippen MR) is 66.4 cm³/mol. The number of aliphatic carboxylic acids is 2. The van der Waals surface area contributed by atoms with Gasteiger partial charge in [-0.15, -0.1) is 0 Å². The van der Waals surface area contributed by atoms with Gasteiger partial charge in [0.1, 0.15) is 0 Å². The highest BCUT2D eigenvalue weighted by Crippen LogP contribution is 2.36. The minimum Gasteiger partial charge on any atom is -0.481 e. The third kappa shape index (κ3) is 3.66. The summed E-state index contributed by atoms with van der Waals surface area (Å²) in [6, 6.07) is -1.66. The molecule has 0 aromatic carbocycles. The Kier molecular flexibility index (Phi) is 4.88. The maximum atomic E-state index is 11.8. The molecule has 0 aromatic heterocycles. The zero-order chi connectivity index (χ0) is 14.6. The fraction of sp³-hybridized carbons (Fsp3) is 0.750. The molecule has 1 fully saturated rings. The van der Waals surface area contributed by atoms with Gasteiger partial charge in [0.2, 0.25) is 5.91 Å². The van der Waals surface area contributed by atoms with Crippen molar-refractivity contribution in [3.63, 3.8) is 0 Å². The van der Waals surface area contributed by atoms with Gasteiger partial charge in [0.25, 0.3) is 0 Å². The zero-order valence-electron chi connectivity index (χ0n) is 10.9. The van der Waals surface area contributed by atoms with Crippen LogP contribution in [0.3, 0.4) is 0 Å². The fourth-order valence-corrected chi connectivity index (χ4v) is 2.38. The summed E-state index contributed by atoms with van der Waals surface area (Å²) in [5, 5.41) is 20.5. The smallest absolute Gasteiger partial charge is 0.311 e. The molecule has 19 heavy (non-hydrogen) atoms. The van der Waals surface area contributed by atoms with Gasteiger partial charge in [-0.1, -0.05) is 12.8 Å². The lowest BCUT2D eigenvalue weighted by atomic mass is 9.71. The van der Waals surface area contributed by atoms with Crippen LogP contribution in [0, 0.1) is 5.41 Å². The summed E-state index contributed by atoms with van der Waals surface area (Å²) in [5.74, 6) is -2.72. The zero-order valence-corrected chi connectivity index (χ0v) is 10.9. The molecule has 108 valence electrons. The monoisotopic (exact) mass is 272 g/mol. The van der Waals surface area contributed by atoms with Gasteiger partial charge in [0, 0.05) is 6.04 Å². The second-order valence-electron chi connectivity index (χ2n) is 5.23. The second kappa shape index (κ2) is 6.01. The van der Waals surface area contributed by atoms with E-state index in [9.17, 15) is 19.5 Å². The molecule has 0 bridgehead atoms. The highest BCUT2D eigenvalue weighted by atomic mass is 16.4. The van der Waals surface area contributed by atoms with Crippen molar-refractivity contribution < 1.29 is 24.6 Å². The van der Waals surface area contributed by atoms with Crippen LogP contribution >= 0.6 is 0 Å². The average Bonchev–Trinajstić information content (AvgIpc) is 2.31. The number of carbonyl (C=O) groups excluding carboxylic acids is 1. The van der Waals surface area contributed by atoms with E-state index in [0.717, 1.165) is 12.8 Å². The first-order valence-corrected chi connectivity index (χ1v) is 6.28. The Balaban J connectivity index is 2.70. The molecule has 1 rings (SSSR count). The van der Waals surface area contributed by atoms with E-state index in [4.69, 9.17) is 10.8 Å². The molecular weight excluding hydrogens is 252 g/mol. The number of nitrogens with one attached hydrogen (secondary N) is 1. The van der Waals surface area contributed by atoms with Gasteiger partial charge in [-0.25, -0.2) is 0 Å². The minimum absolute atomic E-state index is 0.470. The number of carbonyl (C=O) groups is 3. The molecule has 0 heterocycles. The second-order valence-corrected chi connectivity index (χ2v) is 5.23. The van der Waals surface area contributed by atoms with Crippen LogP contribution in [0.2, 0.25) is 0 Å². The third-order valence-electron chi connectivity index (χ3n) is 3.74. The summed E-state index contributed by atoms with van der Waals surface area (Å²) in [6.07, 6.45) is 2.22. The van der Waals surface area contributed by atoms with Crippen LogP contribution in [0.5, 0.6) is 0 Å². The third-order valence-corrected chi connectivity index (χ3v) is 3.74. The highest BCUT2D eigenvalue weighted by Gasteiger charge is 2.44. The summed E-state index contributed by atoms with van der Waals surface area (Å²) < 4.78 is 0. The molecule has 3 unspecified atom stereocenters. The van der Waals surface area contributed by atoms with Crippen LogP contribution in [-0.2, 0) is 14.4 Å². The van der Waals surface area contributed by atoms with Gasteiger partial charge in [0.15, 0.2) is 0 Å². The number of rotatable bonds is 5. The first kappa shape index (κ1) is 15.4. The van der Waals surface area contributed by atoms with Crippen LogP contribution in [0.15, 0.2) is 0 Å². The van der Waals surface area contributed by atoms with Crippen molar-refractivity contribution in [2.45, 2.75) is 51.1 Å². The van der Waals surface area contributed by atoms with E-state index < -0.39 is 41.8 Å². The Labute approximate surface area is 111 Å². The molecule has 0 spiro atoms. The van der Waals surface area contributed by atoms with E-state index in [1.54, 1.807) is 6.92 Å². The van der Waals surface area contributed by atoms with Crippen molar-refractivity contribution in [1.29, 1.82) is 0 Å². The van der Waals surface area contributed by atoms with Crippen molar-refractivity contribution in [3.8, 4) is 0 Å². The summed E-state index contributed by atoms with van der Waals surface area (Å²) in [4.78, 5) is 33.6. The molecule has 7 nitrogen and oxygen atoms in total. The number of amides is 1. The molecule has 1 saturated carbocycles. The van der Waals surface area contributed by atoms with E-state index in [1.165, 1.54) is 0 Å². The predicted octanol–water partition coefficient (Wildman–Crippen LogP) is -0.0619. The van der Waals surface area contributed by atoms with Crippen molar-refractivity contribution in [2.75, 3.05) is 0 Å². The molecule has 1 amide bonds. The number of carboxylic acid groups (broad SMARTS) is 2. The first-order valence-electron chi connectivity index (χ1n) is 6.28. The van der Waals surface area contributed by atoms with Gasteiger partial charge < -0.3 is 21.3 Å². The lowest BCUT2D eigenvalue weighted by Gasteiger charge is -2.38. The molecule has 1 aliphatic rings. The topological polar surface area (TPSA) is 130 Å². The van der Waals surface area contributed by atoms with Gasteiger partial charge in [0.05, 0.1) is 17.9 Å². The summed E-state index contributed by atoms with van der Waals surface area (Å²) in [7, 11) is 0. The SMILES string of the molecule is CC1(C(=O)O)CCCCC1NC(=O)C(N)CC(=O)O. The van der Waals surface area contributed by atoms with Crippen molar-refractivity contribution in [2.24, 2.45) is 11.1 Å². The Morgan fingerprint density at radius 3 is 2.53 bits per heavy atom. The van der Waals surface area contributed by atoms with Gasteiger partial charge >= 0.3 is 11.9 Å². The fourth-order valence-electron chi connectivity index (χ4n) is 2.38. The van der Waals surface area contributed by atoms with E-state index in [-0.39, 0.29) is 0 Å². The quantitative estimate of drug-likeness (QED) is 0.554. The molecule has 7 heteroatoms. The average molecular weight is 272 g/mol. The Hall–Kier alpha value is -1.63.